The summed E-state index contributed by atoms with van der Waals surface area (Å²) in [5.74, 6) is 2.56. The number of rotatable bonds is 3. The maximum Gasteiger partial charge on any atom is 0.232 e. The van der Waals surface area contributed by atoms with Gasteiger partial charge in [0.05, 0.1) is 5.75 Å². The Hall–Kier alpha value is -0.180. The topological polar surface area (TPSA) is 20.3 Å². The molecule has 1 rings (SSSR count). The maximum atomic E-state index is 11.6. The molecule has 0 aliphatic carbocycles. The minimum absolute atomic E-state index is 0.319. The molecular formula is C18H41NOS. The molecule has 1 fully saturated rings. The summed E-state index contributed by atoms with van der Waals surface area (Å²) in [5, 5.41) is 0. The van der Waals surface area contributed by atoms with Crippen LogP contribution in [0.1, 0.15) is 74.7 Å². The van der Waals surface area contributed by atoms with Gasteiger partial charge in [-0.1, -0.05) is 61.8 Å². The van der Waals surface area contributed by atoms with E-state index in [0.717, 1.165) is 24.9 Å². The molecule has 0 aromatic heterocycles. The van der Waals surface area contributed by atoms with Crippen molar-refractivity contribution >= 4 is 17.7 Å². The van der Waals surface area contributed by atoms with E-state index < -0.39 is 0 Å². The summed E-state index contributed by atoms with van der Waals surface area (Å²) < 4.78 is 0. The van der Waals surface area contributed by atoms with Crippen molar-refractivity contribution in [1.29, 1.82) is 0 Å². The molecule has 1 aliphatic heterocycles. The van der Waals surface area contributed by atoms with Crippen LogP contribution < -0.4 is 0 Å². The van der Waals surface area contributed by atoms with Crippen LogP contribution >= 0.6 is 11.8 Å². The van der Waals surface area contributed by atoms with Crippen molar-refractivity contribution in [1.82, 2.24) is 4.90 Å². The van der Waals surface area contributed by atoms with Crippen molar-refractivity contribution in [2.24, 2.45) is 11.8 Å². The number of amides is 1. The van der Waals surface area contributed by atoms with Gasteiger partial charge in [0.15, 0.2) is 0 Å². The predicted octanol–water partition coefficient (Wildman–Crippen LogP) is 5.71. The largest absolute Gasteiger partial charge is 0.342 e. The lowest BCUT2D eigenvalue weighted by molar-refractivity contribution is -0.129. The Kier molecular flexibility index (Phi) is 24.3. The standard InChI is InChI=1S/C11H21NOS.C3H8.2C2H6/c1-9(2)10-4-6-12(7-5-10)11(13)8-14-3;1-3-2;2*1-2/h9-10H,4-8H2,1-3H3;3H2,1-2H3;2*1-2H3. The monoisotopic (exact) mass is 319 g/mol. The lowest BCUT2D eigenvalue weighted by Crippen LogP contribution is -2.40. The summed E-state index contributed by atoms with van der Waals surface area (Å²) in [6.45, 7) is 18.8. The SMILES string of the molecule is CC.CC.CCC.CSCC(=O)N1CCC(C(C)C)CC1. The van der Waals surface area contributed by atoms with Gasteiger partial charge < -0.3 is 4.90 Å². The normalized spacial score (nSPS) is 14.1. The Morgan fingerprint density at radius 3 is 1.76 bits per heavy atom. The molecule has 1 aliphatic rings. The van der Waals surface area contributed by atoms with E-state index in [2.05, 4.69) is 27.7 Å². The van der Waals surface area contributed by atoms with Gasteiger partial charge in [0, 0.05) is 13.1 Å². The first-order valence-corrected chi connectivity index (χ1v) is 10.2. The van der Waals surface area contributed by atoms with E-state index in [4.69, 9.17) is 0 Å². The van der Waals surface area contributed by atoms with Crippen molar-refractivity contribution in [2.45, 2.75) is 74.7 Å². The highest BCUT2D eigenvalue weighted by atomic mass is 32.2. The summed E-state index contributed by atoms with van der Waals surface area (Å²) in [7, 11) is 0. The molecule has 1 amide bonds. The molecule has 0 radical (unpaired) electrons. The van der Waals surface area contributed by atoms with Crippen LogP contribution in [0.25, 0.3) is 0 Å². The first kappa shape index (κ1) is 25.8. The van der Waals surface area contributed by atoms with E-state index in [9.17, 15) is 4.79 Å². The van der Waals surface area contributed by atoms with Gasteiger partial charge in [-0.15, -0.1) is 0 Å². The Morgan fingerprint density at radius 1 is 1.10 bits per heavy atom. The molecule has 0 N–H and O–H groups in total. The van der Waals surface area contributed by atoms with Gasteiger partial charge in [0.1, 0.15) is 0 Å². The smallest absolute Gasteiger partial charge is 0.232 e. The summed E-state index contributed by atoms with van der Waals surface area (Å²) in [6, 6.07) is 0. The molecule has 0 atom stereocenters. The number of likely N-dealkylation sites (tertiary alicyclic amines) is 1. The van der Waals surface area contributed by atoms with Crippen LogP contribution in [0.2, 0.25) is 0 Å². The van der Waals surface area contributed by atoms with Gasteiger partial charge >= 0.3 is 0 Å². The fraction of sp³-hybridized carbons (Fsp3) is 0.944. The highest BCUT2D eigenvalue weighted by molar-refractivity contribution is 7.99. The second-order valence-corrected chi connectivity index (χ2v) is 5.97. The van der Waals surface area contributed by atoms with Gasteiger partial charge in [-0.2, -0.15) is 11.8 Å². The predicted molar refractivity (Wildman–Crippen MR) is 101 cm³/mol. The van der Waals surface area contributed by atoms with Crippen LogP contribution in [0.4, 0.5) is 0 Å². The number of carbonyl (C=O) groups is 1. The first-order valence-electron chi connectivity index (χ1n) is 8.83. The number of nitrogens with zero attached hydrogens (tertiary/aromatic N) is 1. The van der Waals surface area contributed by atoms with Crippen LogP contribution in [-0.2, 0) is 4.79 Å². The molecule has 130 valence electrons. The van der Waals surface area contributed by atoms with Crippen molar-refractivity contribution < 1.29 is 4.79 Å². The third-order valence-electron chi connectivity index (χ3n) is 3.10. The Bertz CT molecular complexity index is 199. The van der Waals surface area contributed by atoms with Crippen molar-refractivity contribution in [3.63, 3.8) is 0 Å². The average Bonchev–Trinajstić information content (AvgIpc) is 2.52. The van der Waals surface area contributed by atoms with Crippen LogP contribution in [0.5, 0.6) is 0 Å². The summed E-state index contributed by atoms with van der Waals surface area (Å²) in [5.41, 5.74) is 0. The second-order valence-electron chi connectivity index (χ2n) is 5.10. The molecule has 0 bridgehead atoms. The lowest BCUT2D eigenvalue weighted by Gasteiger charge is -2.33. The number of piperidine rings is 1. The van der Waals surface area contributed by atoms with Crippen molar-refractivity contribution in [3.8, 4) is 0 Å². The molecule has 3 heteroatoms. The number of hydrogen-bond acceptors (Lipinski definition) is 2. The zero-order chi connectivity index (χ0) is 17.3. The third kappa shape index (κ3) is 14.5. The summed E-state index contributed by atoms with van der Waals surface area (Å²) in [6.07, 6.45) is 5.62. The molecule has 2 nitrogen and oxygen atoms in total. The van der Waals surface area contributed by atoms with Crippen LogP contribution in [0.3, 0.4) is 0 Å². The summed E-state index contributed by atoms with van der Waals surface area (Å²) >= 11 is 1.62. The van der Waals surface area contributed by atoms with Gasteiger partial charge in [0.2, 0.25) is 5.91 Å². The fourth-order valence-corrected chi connectivity index (χ4v) is 2.46. The van der Waals surface area contributed by atoms with E-state index >= 15 is 0 Å². The average molecular weight is 320 g/mol. The molecule has 0 spiro atoms. The van der Waals surface area contributed by atoms with Gasteiger partial charge in [-0.25, -0.2) is 0 Å². The molecule has 0 aromatic carbocycles. The van der Waals surface area contributed by atoms with Crippen LogP contribution in [-0.4, -0.2) is 35.9 Å². The molecule has 21 heavy (non-hydrogen) atoms. The minimum atomic E-state index is 0.319. The molecule has 0 aromatic rings. The Labute approximate surface area is 139 Å². The summed E-state index contributed by atoms with van der Waals surface area (Å²) in [4.78, 5) is 13.6. The first-order chi connectivity index (χ1) is 10.1. The highest BCUT2D eigenvalue weighted by Crippen LogP contribution is 2.24. The van der Waals surface area contributed by atoms with E-state index in [1.807, 2.05) is 38.9 Å². The van der Waals surface area contributed by atoms with E-state index in [1.165, 1.54) is 19.3 Å². The molecular weight excluding hydrogens is 278 g/mol. The zero-order valence-electron chi connectivity index (χ0n) is 16.2. The van der Waals surface area contributed by atoms with E-state index in [0.29, 0.717) is 11.7 Å². The Balaban J connectivity index is -0.000000399. The molecule has 1 heterocycles. The number of thioether (sulfide) groups is 1. The lowest BCUT2D eigenvalue weighted by atomic mass is 9.87. The Morgan fingerprint density at radius 2 is 1.48 bits per heavy atom. The van der Waals surface area contributed by atoms with Crippen LogP contribution in [0, 0.1) is 11.8 Å². The van der Waals surface area contributed by atoms with Crippen molar-refractivity contribution in [2.75, 3.05) is 25.1 Å². The highest BCUT2D eigenvalue weighted by Gasteiger charge is 2.23. The zero-order valence-corrected chi connectivity index (χ0v) is 17.0. The van der Waals surface area contributed by atoms with Crippen molar-refractivity contribution in [3.05, 3.63) is 0 Å². The maximum absolute atomic E-state index is 11.6. The van der Waals surface area contributed by atoms with Gasteiger partial charge in [-0.3, -0.25) is 4.79 Å². The van der Waals surface area contributed by atoms with E-state index in [1.54, 1.807) is 11.8 Å². The number of hydrogen-bond donors (Lipinski definition) is 0. The molecule has 0 saturated carbocycles. The fourth-order valence-electron chi connectivity index (χ4n) is 2.03. The van der Waals surface area contributed by atoms with E-state index in [-0.39, 0.29) is 0 Å². The molecule has 1 saturated heterocycles. The quantitative estimate of drug-likeness (QED) is 0.663. The molecule has 0 unspecified atom stereocenters. The second kappa shape index (κ2) is 19.8. The van der Waals surface area contributed by atoms with Crippen LogP contribution in [0.15, 0.2) is 0 Å². The third-order valence-corrected chi connectivity index (χ3v) is 3.64. The minimum Gasteiger partial charge on any atom is -0.342 e. The van der Waals surface area contributed by atoms with Gasteiger partial charge in [0.25, 0.3) is 0 Å². The number of carbonyl (C=O) groups excluding carboxylic acids is 1. The van der Waals surface area contributed by atoms with Gasteiger partial charge in [-0.05, 0) is 30.9 Å².